The van der Waals surface area contributed by atoms with Crippen molar-refractivity contribution >= 4 is 18.3 Å². The van der Waals surface area contributed by atoms with E-state index in [4.69, 9.17) is 0 Å². The first-order chi connectivity index (χ1) is 12.2. The van der Waals surface area contributed by atoms with Crippen molar-refractivity contribution in [2.75, 3.05) is 19.6 Å². The summed E-state index contributed by atoms with van der Waals surface area (Å²) in [7, 11) is 0. The molecule has 138 valence electrons. The number of nitrogens with one attached hydrogen (secondary N) is 2. The van der Waals surface area contributed by atoms with Crippen molar-refractivity contribution in [1.29, 1.82) is 0 Å². The molecule has 5 nitrogen and oxygen atoms in total. The highest BCUT2D eigenvalue weighted by atomic mass is 35.5. The zero-order valence-electron chi connectivity index (χ0n) is 15.0. The molecule has 1 aromatic heterocycles. The third-order valence-electron chi connectivity index (χ3n) is 5.06. The zero-order valence-corrected chi connectivity index (χ0v) is 15.9. The van der Waals surface area contributed by atoms with E-state index < -0.39 is 0 Å². The Balaban J connectivity index is 0.00000196. The Morgan fingerprint density at radius 1 is 1.23 bits per heavy atom. The second-order valence-corrected chi connectivity index (χ2v) is 6.87. The predicted molar refractivity (Wildman–Crippen MR) is 105 cm³/mol. The van der Waals surface area contributed by atoms with Crippen LogP contribution in [0, 0.1) is 6.92 Å². The molecule has 0 saturated carbocycles. The molecule has 0 spiro atoms. The number of aryl methyl sites for hydroxylation is 1. The minimum atomic E-state index is -0.0524. The molecule has 6 heteroatoms. The van der Waals surface area contributed by atoms with E-state index in [1.807, 2.05) is 4.68 Å². The van der Waals surface area contributed by atoms with Crippen LogP contribution in [-0.4, -0.2) is 35.3 Å². The summed E-state index contributed by atoms with van der Waals surface area (Å²) < 4.78 is 1.96. The highest BCUT2D eigenvalue weighted by Gasteiger charge is 2.26. The lowest BCUT2D eigenvalue weighted by Gasteiger charge is -2.14. The molecule has 2 aromatic rings. The SMILES string of the molecule is Cc1ccc(-n2nc(C(=O)NCC3=CCNCC3)c3c2CCC3)cc1.Cl. The number of carbonyl (C=O) groups is 1. The van der Waals surface area contributed by atoms with Crippen LogP contribution in [0.5, 0.6) is 0 Å². The number of hydrogen-bond acceptors (Lipinski definition) is 3. The maximum Gasteiger partial charge on any atom is 0.272 e. The number of amides is 1. The smallest absolute Gasteiger partial charge is 0.272 e. The van der Waals surface area contributed by atoms with Gasteiger partial charge in [-0.15, -0.1) is 12.4 Å². The molecule has 0 unspecified atom stereocenters. The lowest BCUT2D eigenvalue weighted by Crippen LogP contribution is -2.30. The Hall–Kier alpha value is -2.11. The van der Waals surface area contributed by atoms with Crippen molar-refractivity contribution in [1.82, 2.24) is 20.4 Å². The average molecular weight is 373 g/mol. The van der Waals surface area contributed by atoms with Gasteiger partial charge >= 0.3 is 0 Å². The summed E-state index contributed by atoms with van der Waals surface area (Å²) in [5, 5.41) is 11.0. The number of fused-ring (bicyclic) bond motifs is 1. The lowest BCUT2D eigenvalue weighted by atomic mass is 10.1. The van der Waals surface area contributed by atoms with Crippen molar-refractivity contribution in [3.63, 3.8) is 0 Å². The third-order valence-corrected chi connectivity index (χ3v) is 5.06. The van der Waals surface area contributed by atoms with E-state index in [1.165, 1.54) is 16.8 Å². The minimum Gasteiger partial charge on any atom is -0.347 e. The van der Waals surface area contributed by atoms with Gasteiger partial charge in [0.2, 0.25) is 0 Å². The average Bonchev–Trinajstić information content (AvgIpc) is 3.24. The van der Waals surface area contributed by atoms with Crippen LogP contribution >= 0.6 is 12.4 Å². The summed E-state index contributed by atoms with van der Waals surface area (Å²) in [5.74, 6) is -0.0524. The first-order valence-corrected chi connectivity index (χ1v) is 9.07. The molecule has 2 heterocycles. The van der Waals surface area contributed by atoms with Gasteiger partial charge in [0.15, 0.2) is 5.69 Å². The van der Waals surface area contributed by atoms with Gasteiger partial charge in [0.05, 0.1) is 5.69 Å². The Bertz CT molecular complexity index is 823. The Labute approximate surface area is 160 Å². The molecule has 0 fully saturated rings. The highest BCUT2D eigenvalue weighted by Crippen LogP contribution is 2.28. The molecule has 1 aliphatic heterocycles. The number of carbonyl (C=O) groups excluding carboxylic acids is 1. The summed E-state index contributed by atoms with van der Waals surface area (Å²) in [6.07, 6.45) is 6.18. The van der Waals surface area contributed by atoms with E-state index in [0.29, 0.717) is 12.2 Å². The van der Waals surface area contributed by atoms with Gasteiger partial charge in [0, 0.05) is 24.3 Å². The maximum absolute atomic E-state index is 12.7. The lowest BCUT2D eigenvalue weighted by molar-refractivity contribution is 0.0950. The summed E-state index contributed by atoms with van der Waals surface area (Å²) in [4.78, 5) is 12.7. The van der Waals surface area contributed by atoms with Crippen molar-refractivity contribution in [2.45, 2.75) is 32.6 Å². The van der Waals surface area contributed by atoms with Gasteiger partial charge in [-0.1, -0.05) is 29.3 Å². The van der Waals surface area contributed by atoms with Gasteiger partial charge < -0.3 is 10.6 Å². The predicted octanol–water partition coefficient (Wildman–Crippen LogP) is 2.74. The van der Waals surface area contributed by atoms with Crippen LogP contribution in [0.2, 0.25) is 0 Å². The number of rotatable bonds is 4. The fraction of sp³-hybridized carbons (Fsp3) is 0.400. The Kier molecular flexibility index (Phi) is 5.79. The fourth-order valence-electron chi connectivity index (χ4n) is 3.63. The number of benzene rings is 1. The molecule has 1 aliphatic carbocycles. The van der Waals surface area contributed by atoms with Crippen LogP contribution in [-0.2, 0) is 12.8 Å². The first-order valence-electron chi connectivity index (χ1n) is 9.07. The summed E-state index contributed by atoms with van der Waals surface area (Å²) in [6, 6.07) is 8.31. The van der Waals surface area contributed by atoms with E-state index >= 15 is 0 Å². The quantitative estimate of drug-likeness (QED) is 0.811. The van der Waals surface area contributed by atoms with Crippen LogP contribution in [0.1, 0.15) is 40.2 Å². The molecule has 0 radical (unpaired) electrons. The summed E-state index contributed by atoms with van der Waals surface area (Å²) in [6.45, 7) is 4.57. The van der Waals surface area contributed by atoms with E-state index in [2.05, 4.69) is 53.0 Å². The first kappa shape index (κ1) is 18.7. The van der Waals surface area contributed by atoms with Gasteiger partial charge in [0.25, 0.3) is 5.91 Å². The topological polar surface area (TPSA) is 59.0 Å². The van der Waals surface area contributed by atoms with Gasteiger partial charge in [0.1, 0.15) is 0 Å². The van der Waals surface area contributed by atoms with Crippen molar-refractivity contribution < 1.29 is 4.79 Å². The number of aromatic nitrogens is 2. The van der Waals surface area contributed by atoms with Crippen LogP contribution < -0.4 is 10.6 Å². The molecule has 0 bridgehead atoms. The molecule has 1 aromatic carbocycles. The monoisotopic (exact) mass is 372 g/mol. The molecule has 1 amide bonds. The van der Waals surface area contributed by atoms with E-state index in [-0.39, 0.29) is 18.3 Å². The number of hydrogen-bond donors (Lipinski definition) is 2. The van der Waals surface area contributed by atoms with E-state index in [9.17, 15) is 4.79 Å². The van der Waals surface area contributed by atoms with Gasteiger partial charge in [-0.2, -0.15) is 5.10 Å². The maximum atomic E-state index is 12.7. The van der Waals surface area contributed by atoms with Crippen LogP contribution in [0.15, 0.2) is 35.9 Å². The van der Waals surface area contributed by atoms with E-state index in [1.54, 1.807) is 0 Å². The number of nitrogens with zero attached hydrogens (tertiary/aromatic N) is 2. The summed E-state index contributed by atoms with van der Waals surface area (Å²) >= 11 is 0. The van der Waals surface area contributed by atoms with Crippen LogP contribution in [0.25, 0.3) is 5.69 Å². The molecular weight excluding hydrogens is 348 g/mol. The largest absolute Gasteiger partial charge is 0.347 e. The Morgan fingerprint density at radius 3 is 2.77 bits per heavy atom. The second-order valence-electron chi connectivity index (χ2n) is 6.87. The molecule has 2 aliphatic rings. The third kappa shape index (κ3) is 3.69. The van der Waals surface area contributed by atoms with E-state index in [0.717, 1.165) is 50.0 Å². The zero-order chi connectivity index (χ0) is 17.2. The van der Waals surface area contributed by atoms with Crippen LogP contribution in [0.3, 0.4) is 0 Å². The molecule has 0 saturated heterocycles. The summed E-state index contributed by atoms with van der Waals surface area (Å²) in [5.41, 5.74) is 6.46. The van der Waals surface area contributed by atoms with Gasteiger partial charge in [-0.3, -0.25) is 4.79 Å². The molecule has 26 heavy (non-hydrogen) atoms. The molecule has 4 rings (SSSR count). The standard InChI is InChI=1S/C20H24N4O.ClH/c1-14-5-7-16(8-6-14)24-18-4-2-3-17(18)19(23-24)20(25)22-13-15-9-11-21-12-10-15;/h5-9,21H,2-4,10-13H2,1H3,(H,22,25);1H. The normalized spacial score (nSPS) is 15.8. The second kappa shape index (κ2) is 8.06. The highest BCUT2D eigenvalue weighted by molar-refractivity contribution is 5.94. The van der Waals surface area contributed by atoms with Gasteiger partial charge in [-0.05, 0) is 51.3 Å². The Morgan fingerprint density at radius 2 is 2.04 bits per heavy atom. The van der Waals surface area contributed by atoms with Crippen molar-refractivity contribution in [3.8, 4) is 5.69 Å². The fourth-order valence-corrected chi connectivity index (χ4v) is 3.63. The molecule has 0 atom stereocenters. The molecular formula is C20H25ClN4O. The number of halogens is 1. The minimum absolute atomic E-state index is 0. The molecule has 2 N–H and O–H groups in total. The van der Waals surface area contributed by atoms with Gasteiger partial charge in [-0.25, -0.2) is 4.68 Å². The van der Waals surface area contributed by atoms with Crippen molar-refractivity contribution in [3.05, 3.63) is 58.4 Å². The van der Waals surface area contributed by atoms with Crippen LogP contribution in [0.4, 0.5) is 0 Å². The van der Waals surface area contributed by atoms with Crippen molar-refractivity contribution in [2.24, 2.45) is 0 Å².